The highest BCUT2D eigenvalue weighted by Crippen LogP contribution is 2.18. The van der Waals surface area contributed by atoms with Crippen LogP contribution in [0.2, 0.25) is 0 Å². The Labute approximate surface area is 114 Å². The molecule has 19 heavy (non-hydrogen) atoms. The molecule has 5 nitrogen and oxygen atoms in total. The zero-order valence-corrected chi connectivity index (χ0v) is 11.9. The second-order valence-electron chi connectivity index (χ2n) is 4.61. The molecule has 0 atom stereocenters. The van der Waals surface area contributed by atoms with Crippen molar-refractivity contribution in [1.82, 2.24) is 9.88 Å². The highest BCUT2D eigenvalue weighted by atomic mass is 16.3. The van der Waals surface area contributed by atoms with E-state index in [-0.39, 0.29) is 18.6 Å². The number of aryl methyl sites for hydroxylation is 1. The van der Waals surface area contributed by atoms with Gasteiger partial charge in [0.05, 0.1) is 12.2 Å². The summed E-state index contributed by atoms with van der Waals surface area (Å²) in [5.74, 6) is -0.159. The smallest absolute Gasteiger partial charge is 0.257 e. The molecule has 0 aliphatic rings. The summed E-state index contributed by atoms with van der Waals surface area (Å²) in [6.45, 7) is 6.15. The van der Waals surface area contributed by atoms with E-state index in [1.165, 1.54) is 6.20 Å². The molecule has 1 aromatic heterocycles. The minimum Gasteiger partial charge on any atom is -0.398 e. The molecule has 0 saturated heterocycles. The van der Waals surface area contributed by atoms with Crippen molar-refractivity contribution in [2.45, 2.75) is 39.7 Å². The molecule has 1 heterocycles. The molecule has 0 spiro atoms. The van der Waals surface area contributed by atoms with Crippen LogP contribution in [0.5, 0.6) is 0 Å². The number of aliphatic hydroxyl groups is 1. The predicted molar refractivity (Wildman–Crippen MR) is 75.9 cm³/mol. The Kier molecular flexibility index (Phi) is 5.76. The van der Waals surface area contributed by atoms with Gasteiger partial charge in [0.1, 0.15) is 0 Å². The molecule has 1 aromatic rings. The van der Waals surface area contributed by atoms with Crippen LogP contribution < -0.4 is 5.73 Å². The Morgan fingerprint density at radius 2 is 2.11 bits per heavy atom. The Morgan fingerprint density at radius 1 is 1.47 bits per heavy atom. The maximum atomic E-state index is 12.5. The number of aliphatic hydroxyl groups excluding tert-OH is 1. The van der Waals surface area contributed by atoms with Crippen LogP contribution in [-0.2, 0) is 0 Å². The lowest BCUT2D eigenvalue weighted by molar-refractivity contribution is 0.0623. The summed E-state index contributed by atoms with van der Waals surface area (Å²) in [6, 6.07) is 1.80. The van der Waals surface area contributed by atoms with Crippen molar-refractivity contribution in [3.63, 3.8) is 0 Å². The number of rotatable bonds is 6. The van der Waals surface area contributed by atoms with Crippen LogP contribution in [0, 0.1) is 6.92 Å². The van der Waals surface area contributed by atoms with Gasteiger partial charge in [-0.15, -0.1) is 0 Å². The van der Waals surface area contributed by atoms with Crippen LogP contribution >= 0.6 is 0 Å². The van der Waals surface area contributed by atoms with Crippen LogP contribution in [-0.4, -0.2) is 40.1 Å². The van der Waals surface area contributed by atoms with E-state index in [0.29, 0.717) is 17.8 Å². The third-order valence-electron chi connectivity index (χ3n) is 3.29. The Bertz CT molecular complexity index is 431. The highest BCUT2D eigenvalue weighted by molar-refractivity contribution is 5.99. The third-order valence-corrected chi connectivity index (χ3v) is 3.29. The van der Waals surface area contributed by atoms with Gasteiger partial charge in [0.2, 0.25) is 0 Å². The fourth-order valence-electron chi connectivity index (χ4n) is 2.20. The summed E-state index contributed by atoms with van der Waals surface area (Å²) >= 11 is 0. The number of aromatic nitrogens is 1. The monoisotopic (exact) mass is 265 g/mol. The summed E-state index contributed by atoms with van der Waals surface area (Å²) in [5.41, 5.74) is 7.52. The van der Waals surface area contributed by atoms with Crippen LogP contribution in [0.3, 0.4) is 0 Å². The molecule has 0 fully saturated rings. The molecule has 0 saturated carbocycles. The second kappa shape index (κ2) is 7.09. The third kappa shape index (κ3) is 3.67. The summed E-state index contributed by atoms with van der Waals surface area (Å²) in [5, 5.41) is 9.15. The van der Waals surface area contributed by atoms with Crippen molar-refractivity contribution < 1.29 is 9.90 Å². The van der Waals surface area contributed by atoms with Crippen molar-refractivity contribution >= 4 is 11.6 Å². The first-order chi connectivity index (χ1) is 9.04. The number of nitrogens with zero attached hydrogens (tertiary/aromatic N) is 2. The number of anilines is 1. The molecule has 5 heteroatoms. The highest BCUT2D eigenvalue weighted by Gasteiger charge is 2.23. The van der Waals surface area contributed by atoms with Crippen LogP contribution in [0.25, 0.3) is 0 Å². The first kappa shape index (κ1) is 15.4. The number of pyridine rings is 1. The number of carbonyl (C=O) groups is 1. The molecule has 1 rings (SSSR count). The molecular weight excluding hydrogens is 242 g/mol. The molecule has 0 unspecified atom stereocenters. The van der Waals surface area contributed by atoms with Crippen LogP contribution in [0.15, 0.2) is 12.3 Å². The maximum absolute atomic E-state index is 12.5. The van der Waals surface area contributed by atoms with E-state index in [1.54, 1.807) is 11.0 Å². The lowest BCUT2D eigenvalue weighted by atomic mass is 10.1. The van der Waals surface area contributed by atoms with Gasteiger partial charge in [-0.25, -0.2) is 0 Å². The average molecular weight is 265 g/mol. The predicted octanol–water partition coefficient (Wildman–Crippen LogP) is 1.60. The minimum atomic E-state index is -0.159. The van der Waals surface area contributed by atoms with Crippen molar-refractivity contribution in [1.29, 1.82) is 0 Å². The maximum Gasteiger partial charge on any atom is 0.257 e. The van der Waals surface area contributed by atoms with Crippen molar-refractivity contribution in [3.8, 4) is 0 Å². The molecule has 1 amide bonds. The van der Waals surface area contributed by atoms with Gasteiger partial charge in [0, 0.05) is 30.2 Å². The zero-order valence-electron chi connectivity index (χ0n) is 11.9. The van der Waals surface area contributed by atoms with Crippen molar-refractivity contribution in [2.75, 3.05) is 18.9 Å². The molecule has 0 aromatic carbocycles. The Morgan fingerprint density at radius 3 is 2.58 bits per heavy atom. The molecule has 0 aliphatic heterocycles. The van der Waals surface area contributed by atoms with E-state index in [9.17, 15) is 4.79 Å². The summed E-state index contributed by atoms with van der Waals surface area (Å²) in [7, 11) is 0. The molecule has 0 radical (unpaired) electrons. The molecule has 106 valence electrons. The summed E-state index contributed by atoms with van der Waals surface area (Å²) < 4.78 is 0. The summed E-state index contributed by atoms with van der Waals surface area (Å²) in [4.78, 5) is 18.3. The Hall–Kier alpha value is -1.62. The first-order valence-corrected chi connectivity index (χ1v) is 6.69. The van der Waals surface area contributed by atoms with Gasteiger partial charge in [-0.1, -0.05) is 13.8 Å². The normalized spacial score (nSPS) is 10.8. The van der Waals surface area contributed by atoms with E-state index in [2.05, 4.69) is 4.98 Å². The van der Waals surface area contributed by atoms with E-state index < -0.39 is 0 Å². The number of hydrogen-bond acceptors (Lipinski definition) is 4. The van der Waals surface area contributed by atoms with Gasteiger partial charge < -0.3 is 15.7 Å². The number of nitrogen functional groups attached to an aromatic ring is 1. The van der Waals surface area contributed by atoms with E-state index in [0.717, 1.165) is 18.5 Å². The number of carbonyl (C=O) groups excluding carboxylic acids is 1. The fourth-order valence-corrected chi connectivity index (χ4v) is 2.20. The van der Waals surface area contributed by atoms with Gasteiger partial charge in [-0.2, -0.15) is 0 Å². The van der Waals surface area contributed by atoms with E-state index >= 15 is 0 Å². The fraction of sp³-hybridized carbons (Fsp3) is 0.571. The Balaban J connectivity index is 3.04. The number of hydrogen-bond donors (Lipinski definition) is 2. The van der Waals surface area contributed by atoms with Gasteiger partial charge >= 0.3 is 0 Å². The quantitative estimate of drug-likeness (QED) is 0.818. The van der Waals surface area contributed by atoms with Crippen LogP contribution in [0.1, 0.15) is 42.7 Å². The minimum absolute atomic E-state index is 0.0541. The number of nitrogens with two attached hydrogens (primary N) is 1. The second-order valence-corrected chi connectivity index (χ2v) is 4.61. The first-order valence-electron chi connectivity index (χ1n) is 6.69. The SMILES string of the molecule is CCC(CC)N(CCO)C(=O)c1cnc(C)cc1N. The van der Waals surface area contributed by atoms with Crippen molar-refractivity contribution in [3.05, 3.63) is 23.5 Å². The van der Waals surface area contributed by atoms with Gasteiger partial charge in [0.15, 0.2) is 0 Å². The van der Waals surface area contributed by atoms with Crippen LogP contribution in [0.4, 0.5) is 5.69 Å². The largest absolute Gasteiger partial charge is 0.398 e. The molecule has 0 bridgehead atoms. The van der Waals surface area contributed by atoms with E-state index in [4.69, 9.17) is 10.8 Å². The lowest BCUT2D eigenvalue weighted by Gasteiger charge is -2.30. The topological polar surface area (TPSA) is 79.5 Å². The lowest BCUT2D eigenvalue weighted by Crippen LogP contribution is -2.41. The van der Waals surface area contributed by atoms with E-state index in [1.807, 2.05) is 20.8 Å². The summed E-state index contributed by atoms with van der Waals surface area (Å²) in [6.07, 6.45) is 3.21. The molecule has 3 N–H and O–H groups in total. The van der Waals surface area contributed by atoms with Gasteiger partial charge in [-0.05, 0) is 25.8 Å². The molecule has 0 aliphatic carbocycles. The standard InChI is InChI=1S/C14H23N3O2/c1-4-11(5-2)17(6-7-18)14(19)12-9-16-10(3)8-13(12)15/h8-9,11,18H,4-7H2,1-3H3,(H2,15,16). The van der Waals surface area contributed by atoms with Crippen molar-refractivity contribution in [2.24, 2.45) is 0 Å². The van der Waals surface area contributed by atoms with Gasteiger partial charge in [0.25, 0.3) is 5.91 Å². The number of amides is 1. The van der Waals surface area contributed by atoms with Gasteiger partial charge in [-0.3, -0.25) is 9.78 Å². The molecular formula is C14H23N3O2. The zero-order chi connectivity index (χ0) is 14.4. The average Bonchev–Trinajstić information content (AvgIpc) is 2.38.